The molecule has 2 heterocycles. The SMILES string of the molecule is Cc1cccc(CNc2cncc(C(=O)N3CCN(C=O)CC3)c2)c1. The van der Waals surface area contributed by atoms with Gasteiger partial charge >= 0.3 is 0 Å². The predicted molar refractivity (Wildman–Crippen MR) is 96.3 cm³/mol. The largest absolute Gasteiger partial charge is 0.380 e. The van der Waals surface area contributed by atoms with Crippen LogP contribution in [-0.2, 0) is 11.3 Å². The molecule has 3 rings (SSSR count). The van der Waals surface area contributed by atoms with Crippen LogP contribution in [0.1, 0.15) is 21.5 Å². The molecule has 0 spiro atoms. The van der Waals surface area contributed by atoms with Crippen LogP contribution in [0.15, 0.2) is 42.7 Å². The van der Waals surface area contributed by atoms with Crippen molar-refractivity contribution in [2.75, 3.05) is 31.5 Å². The van der Waals surface area contributed by atoms with Gasteiger partial charge in [0.05, 0.1) is 11.3 Å². The molecular formula is C19H22N4O2. The van der Waals surface area contributed by atoms with Gasteiger partial charge in [-0.1, -0.05) is 29.8 Å². The van der Waals surface area contributed by atoms with Gasteiger partial charge in [0.1, 0.15) is 0 Å². The van der Waals surface area contributed by atoms with Crippen molar-refractivity contribution in [3.8, 4) is 0 Å². The molecule has 0 atom stereocenters. The fourth-order valence-electron chi connectivity index (χ4n) is 2.89. The molecule has 2 amide bonds. The molecule has 1 fully saturated rings. The Morgan fingerprint density at radius 3 is 2.72 bits per heavy atom. The molecule has 1 aliphatic rings. The van der Waals surface area contributed by atoms with Crippen molar-refractivity contribution in [2.24, 2.45) is 0 Å². The first-order valence-electron chi connectivity index (χ1n) is 8.39. The number of benzene rings is 1. The van der Waals surface area contributed by atoms with Crippen LogP contribution in [0.2, 0.25) is 0 Å². The smallest absolute Gasteiger partial charge is 0.255 e. The van der Waals surface area contributed by atoms with Gasteiger partial charge in [0.15, 0.2) is 0 Å². The molecule has 6 heteroatoms. The number of amides is 2. The number of carbonyl (C=O) groups excluding carboxylic acids is 2. The van der Waals surface area contributed by atoms with Gasteiger partial charge in [-0.3, -0.25) is 14.6 Å². The Morgan fingerprint density at radius 1 is 1.20 bits per heavy atom. The first kappa shape index (κ1) is 17.0. The number of hydrogen-bond acceptors (Lipinski definition) is 4. The lowest BCUT2D eigenvalue weighted by atomic mass is 10.1. The van der Waals surface area contributed by atoms with E-state index in [-0.39, 0.29) is 5.91 Å². The summed E-state index contributed by atoms with van der Waals surface area (Å²) in [7, 11) is 0. The third-order valence-corrected chi connectivity index (χ3v) is 4.31. The minimum absolute atomic E-state index is 0.0442. The summed E-state index contributed by atoms with van der Waals surface area (Å²) in [4.78, 5) is 31.0. The van der Waals surface area contributed by atoms with Gasteiger partial charge < -0.3 is 15.1 Å². The number of nitrogens with one attached hydrogen (secondary N) is 1. The summed E-state index contributed by atoms with van der Waals surface area (Å²) in [6.07, 6.45) is 4.14. The molecule has 130 valence electrons. The highest BCUT2D eigenvalue weighted by molar-refractivity contribution is 5.94. The van der Waals surface area contributed by atoms with Crippen LogP contribution in [0.25, 0.3) is 0 Å². The topological polar surface area (TPSA) is 65.5 Å². The summed E-state index contributed by atoms with van der Waals surface area (Å²) >= 11 is 0. The van der Waals surface area contributed by atoms with E-state index in [2.05, 4.69) is 35.4 Å². The van der Waals surface area contributed by atoms with Crippen LogP contribution in [0, 0.1) is 6.92 Å². The molecule has 0 radical (unpaired) electrons. The van der Waals surface area contributed by atoms with Crippen LogP contribution in [0.3, 0.4) is 0 Å². The van der Waals surface area contributed by atoms with Crippen molar-refractivity contribution in [1.29, 1.82) is 0 Å². The average molecular weight is 338 g/mol. The fourth-order valence-corrected chi connectivity index (χ4v) is 2.89. The number of aryl methyl sites for hydroxylation is 1. The number of pyridine rings is 1. The van der Waals surface area contributed by atoms with Gasteiger partial charge in [0.2, 0.25) is 6.41 Å². The summed E-state index contributed by atoms with van der Waals surface area (Å²) in [5.41, 5.74) is 3.78. The maximum Gasteiger partial charge on any atom is 0.255 e. The Bertz CT molecular complexity index is 755. The normalized spacial score (nSPS) is 14.3. The number of anilines is 1. The maximum atomic E-state index is 12.6. The molecule has 0 unspecified atom stereocenters. The standard InChI is InChI=1S/C19H22N4O2/c1-15-3-2-4-16(9-15)11-21-18-10-17(12-20-13-18)19(25)23-7-5-22(14-24)6-8-23/h2-4,9-10,12-14,21H,5-8,11H2,1H3. The van der Waals surface area contributed by atoms with Crippen molar-refractivity contribution >= 4 is 18.0 Å². The highest BCUT2D eigenvalue weighted by Crippen LogP contribution is 2.14. The molecule has 0 bridgehead atoms. The minimum atomic E-state index is -0.0442. The Hall–Kier alpha value is -2.89. The summed E-state index contributed by atoms with van der Waals surface area (Å²) in [6.45, 7) is 5.01. The van der Waals surface area contributed by atoms with E-state index >= 15 is 0 Å². The summed E-state index contributed by atoms with van der Waals surface area (Å²) in [6, 6.07) is 10.1. The van der Waals surface area contributed by atoms with Crippen LogP contribution in [0.5, 0.6) is 0 Å². The lowest BCUT2D eigenvalue weighted by molar-refractivity contribution is -0.119. The lowest BCUT2D eigenvalue weighted by Crippen LogP contribution is -2.48. The number of aromatic nitrogens is 1. The quantitative estimate of drug-likeness (QED) is 0.846. The zero-order valence-corrected chi connectivity index (χ0v) is 14.3. The van der Waals surface area contributed by atoms with Gasteiger partial charge in [0.25, 0.3) is 5.91 Å². The van der Waals surface area contributed by atoms with E-state index in [0.29, 0.717) is 38.3 Å². The Kier molecular flexibility index (Phi) is 5.28. The molecule has 2 aromatic rings. The number of carbonyl (C=O) groups is 2. The zero-order chi connectivity index (χ0) is 17.6. The first-order valence-corrected chi connectivity index (χ1v) is 8.39. The van der Waals surface area contributed by atoms with E-state index in [1.807, 2.05) is 12.1 Å². The number of nitrogens with zero attached hydrogens (tertiary/aromatic N) is 3. The molecule has 1 saturated heterocycles. The number of hydrogen-bond donors (Lipinski definition) is 1. The van der Waals surface area contributed by atoms with Crippen LogP contribution >= 0.6 is 0 Å². The second-order valence-electron chi connectivity index (χ2n) is 6.24. The Morgan fingerprint density at radius 2 is 2.00 bits per heavy atom. The van der Waals surface area contributed by atoms with Crippen LogP contribution in [-0.4, -0.2) is 53.3 Å². The summed E-state index contributed by atoms with van der Waals surface area (Å²) < 4.78 is 0. The monoisotopic (exact) mass is 338 g/mol. The second kappa shape index (κ2) is 7.79. The van der Waals surface area contributed by atoms with E-state index < -0.39 is 0 Å². The van der Waals surface area contributed by atoms with Gasteiger partial charge in [-0.05, 0) is 18.6 Å². The highest BCUT2D eigenvalue weighted by Gasteiger charge is 2.21. The van der Waals surface area contributed by atoms with Crippen molar-refractivity contribution < 1.29 is 9.59 Å². The predicted octanol–water partition coefficient (Wildman–Crippen LogP) is 1.92. The third-order valence-electron chi connectivity index (χ3n) is 4.31. The fraction of sp³-hybridized carbons (Fsp3) is 0.316. The zero-order valence-electron chi connectivity index (χ0n) is 14.3. The molecule has 0 aliphatic carbocycles. The maximum absolute atomic E-state index is 12.6. The summed E-state index contributed by atoms with van der Waals surface area (Å²) in [5, 5.41) is 3.31. The van der Waals surface area contributed by atoms with Crippen molar-refractivity contribution in [3.63, 3.8) is 0 Å². The molecule has 1 aromatic heterocycles. The van der Waals surface area contributed by atoms with Crippen LogP contribution in [0.4, 0.5) is 5.69 Å². The van der Waals surface area contributed by atoms with E-state index in [4.69, 9.17) is 0 Å². The molecule has 1 N–H and O–H groups in total. The van der Waals surface area contributed by atoms with E-state index in [0.717, 1.165) is 12.1 Å². The van der Waals surface area contributed by atoms with Gasteiger partial charge in [0, 0.05) is 45.1 Å². The first-order chi connectivity index (χ1) is 12.2. The highest BCUT2D eigenvalue weighted by atomic mass is 16.2. The van der Waals surface area contributed by atoms with Crippen molar-refractivity contribution in [3.05, 3.63) is 59.4 Å². The summed E-state index contributed by atoms with van der Waals surface area (Å²) in [5.74, 6) is -0.0442. The number of rotatable bonds is 5. The van der Waals surface area contributed by atoms with E-state index in [1.165, 1.54) is 11.1 Å². The van der Waals surface area contributed by atoms with Gasteiger partial charge in [-0.2, -0.15) is 0 Å². The molecule has 25 heavy (non-hydrogen) atoms. The van der Waals surface area contributed by atoms with E-state index in [9.17, 15) is 9.59 Å². The average Bonchev–Trinajstić information content (AvgIpc) is 2.66. The molecule has 1 aliphatic heterocycles. The third kappa shape index (κ3) is 4.35. The Balaban J connectivity index is 1.63. The van der Waals surface area contributed by atoms with E-state index in [1.54, 1.807) is 22.2 Å². The molecule has 1 aromatic carbocycles. The molecular weight excluding hydrogens is 316 g/mol. The van der Waals surface area contributed by atoms with Crippen molar-refractivity contribution in [2.45, 2.75) is 13.5 Å². The van der Waals surface area contributed by atoms with Crippen LogP contribution < -0.4 is 5.32 Å². The van der Waals surface area contributed by atoms with Gasteiger partial charge in [-0.25, -0.2) is 0 Å². The van der Waals surface area contributed by atoms with Gasteiger partial charge in [-0.15, -0.1) is 0 Å². The second-order valence-corrected chi connectivity index (χ2v) is 6.24. The van der Waals surface area contributed by atoms with Crippen molar-refractivity contribution in [1.82, 2.24) is 14.8 Å². The Labute approximate surface area is 147 Å². The molecule has 0 saturated carbocycles. The lowest BCUT2D eigenvalue weighted by Gasteiger charge is -2.32. The minimum Gasteiger partial charge on any atom is -0.380 e. The molecule has 6 nitrogen and oxygen atoms in total. The number of piperazine rings is 1.